The van der Waals surface area contributed by atoms with Crippen LogP contribution in [0, 0.1) is 5.82 Å². The van der Waals surface area contributed by atoms with Crippen molar-refractivity contribution in [1.82, 2.24) is 15.0 Å². The normalized spacial score (nSPS) is 10.3. The van der Waals surface area contributed by atoms with Crippen LogP contribution in [-0.2, 0) is 0 Å². The molecule has 7 heteroatoms. The number of ether oxygens (including phenoxy) is 1. The van der Waals surface area contributed by atoms with Gasteiger partial charge in [0.2, 0.25) is 11.9 Å². The van der Waals surface area contributed by atoms with E-state index in [0.29, 0.717) is 12.6 Å². The van der Waals surface area contributed by atoms with Crippen LogP contribution in [0.5, 0.6) is 6.01 Å². The van der Waals surface area contributed by atoms with Crippen molar-refractivity contribution in [2.24, 2.45) is 0 Å². The average Bonchev–Trinajstić information content (AvgIpc) is 2.44. The van der Waals surface area contributed by atoms with Gasteiger partial charge in [-0.25, -0.2) is 4.39 Å². The van der Waals surface area contributed by atoms with Gasteiger partial charge in [0.25, 0.3) is 0 Å². The first-order valence-corrected chi connectivity index (χ1v) is 6.23. The summed E-state index contributed by atoms with van der Waals surface area (Å²) in [5.74, 6) is 0.120. The van der Waals surface area contributed by atoms with Crippen molar-refractivity contribution >= 4 is 17.6 Å². The number of rotatable bonds is 5. The van der Waals surface area contributed by atoms with Crippen LogP contribution < -0.4 is 15.4 Å². The molecule has 0 radical (unpaired) electrons. The Kier molecular flexibility index (Phi) is 4.29. The van der Waals surface area contributed by atoms with Crippen molar-refractivity contribution in [3.05, 3.63) is 30.1 Å². The maximum atomic E-state index is 12.9. The maximum Gasteiger partial charge on any atom is 0.323 e. The van der Waals surface area contributed by atoms with Crippen LogP contribution in [0.15, 0.2) is 24.3 Å². The monoisotopic (exact) mass is 277 g/mol. The molecule has 106 valence electrons. The highest BCUT2D eigenvalue weighted by Crippen LogP contribution is 2.22. The van der Waals surface area contributed by atoms with E-state index >= 15 is 0 Å². The first-order chi connectivity index (χ1) is 9.60. The van der Waals surface area contributed by atoms with Crippen LogP contribution in [0.25, 0.3) is 0 Å². The second kappa shape index (κ2) is 6.14. The van der Waals surface area contributed by atoms with Gasteiger partial charge in [-0.1, -0.05) is 6.92 Å². The lowest BCUT2D eigenvalue weighted by atomic mass is 10.3. The van der Waals surface area contributed by atoms with E-state index in [1.165, 1.54) is 12.1 Å². The molecule has 0 aliphatic carbocycles. The summed E-state index contributed by atoms with van der Waals surface area (Å²) in [6.07, 6.45) is 0.842. The van der Waals surface area contributed by atoms with Crippen molar-refractivity contribution in [3.63, 3.8) is 0 Å². The van der Waals surface area contributed by atoms with E-state index < -0.39 is 0 Å². The molecule has 0 amide bonds. The molecule has 0 atom stereocenters. The van der Waals surface area contributed by atoms with Crippen molar-refractivity contribution in [1.29, 1.82) is 0 Å². The number of benzene rings is 1. The Bertz CT molecular complexity index is 575. The molecular formula is C13H16FN5O. The molecular weight excluding hydrogens is 261 g/mol. The number of anilines is 3. The van der Waals surface area contributed by atoms with E-state index in [0.717, 1.165) is 12.1 Å². The molecule has 6 nitrogen and oxygen atoms in total. The smallest absolute Gasteiger partial charge is 0.323 e. The predicted molar refractivity (Wildman–Crippen MR) is 74.5 cm³/mol. The fourth-order valence-corrected chi connectivity index (χ4v) is 1.55. The largest absolute Gasteiger partial charge is 0.463 e. The molecule has 0 aliphatic rings. The summed E-state index contributed by atoms with van der Waals surface area (Å²) in [7, 11) is 1.76. The lowest BCUT2D eigenvalue weighted by Crippen LogP contribution is -2.16. The molecule has 0 unspecified atom stereocenters. The van der Waals surface area contributed by atoms with E-state index in [1.54, 1.807) is 24.1 Å². The number of nitrogens with two attached hydrogens (primary N) is 1. The van der Waals surface area contributed by atoms with E-state index in [-0.39, 0.29) is 17.8 Å². The van der Waals surface area contributed by atoms with E-state index in [1.807, 2.05) is 6.92 Å². The third-order valence-corrected chi connectivity index (χ3v) is 2.57. The van der Waals surface area contributed by atoms with Gasteiger partial charge in [-0.2, -0.15) is 15.0 Å². The van der Waals surface area contributed by atoms with E-state index in [2.05, 4.69) is 15.0 Å². The second-order valence-electron chi connectivity index (χ2n) is 4.16. The molecule has 2 aromatic rings. The summed E-state index contributed by atoms with van der Waals surface area (Å²) >= 11 is 0. The van der Waals surface area contributed by atoms with Crippen LogP contribution >= 0.6 is 0 Å². The Hall–Kier alpha value is -2.44. The van der Waals surface area contributed by atoms with Gasteiger partial charge in [0.1, 0.15) is 5.82 Å². The van der Waals surface area contributed by atoms with Crippen molar-refractivity contribution in [3.8, 4) is 6.01 Å². The Labute approximate surface area is 116 Å². The fourth-order valence-electron chi connectivity index (χ4n) is 1.55. The Morgan fingerprint density at radius 1 is 1.20 bits per heavy atom. The highest BCUT2D eigenvalue weighted by Gasteiger charge is 2.11. The first kappa shape index (κ1) is 14.0. The standard InChI is InChI=1S/C13H16FN5O/c1-3-8-20-13-17-11(15)16-12(18-13)19(2)10-6-4-9(14)5-7-10/h4-7H,3,8H2,1-2H3,(H2,15,16,17,18). The van der Waals surface area contributed by atoms with Crippen LogP contribution in [0.3, 0.4) is 0 Å². The van der Waals surface area contributed by atoms with Gasteiger partial charge in [-0.15, -0.1) is 0 Å². The Morgan fingerprint density at radius 2 is 1.90 bits per heavy atom. The minimum Gasteiger partial charge on any atom is -0.463 e. The minimum absolute atomic E-state index is 0.0788. The Morgan fingerprint density at radius 3 is 2.55 bits per heavy atom. The van der Waals surface area contributed by atoms with Gasteiger partial charge in [0, 0.05) is 12.7 Å². The molecule has 0 saturated carbocycles. The van der Waals surface area contributed by atoms with Gasteiger partial charge in [-0.3, -0.25) is 0 Å². The van der Waals surface area contributed by atoms with Crippen LogP contribution in [-0.4, -0.2) is 28.6 Å². The SMILES string of the molecule is CCCOc1nc(N)nc(N(C)c2ccc(F)cc2)n1. The Balaban J connectivity index is 2.26. The van der Waals surface area contributed by atoms with Gasteiger partial charge in [-0.05, 0) is 30.7 Å². The molecule has 2 rings (SSSR count). The van der Waals surface area contributed by atoms with Crippen LogP contribution in [0.4, 0.5) is 22.0 Å². The third kappa shape index (κ3) is 3.31. The van der Waals surface area contributed by atoms with Crippen LogP contribution in [0.1, 0.15) is 13.3 Å². The van der Waals surface area contributed by atoms with E-state index in [4.69, 9.17) is 10.5 Å². The van der Waals surface area contributed by atoms with Crippen molar-refractivity contribution in [2.45, 2.75) is 13.3 Å². The fraction of sp³-hybridized carbons (Fsp3) is 0.308. The van der Waals surface area contributed by atoms with Crippen molar-refractivity contribution in [2.75, 3.05) is 24.3 Å². The summed E-state index contributed by atoms with van der Waals surface area (Å²) in [6, 6.07) is 6.17. The summed E-state index contributed by atoms with van der Waals surface area (Å²) in [5.41, 5.74) is 6.38. The number of nitrogens with zero attached hydrogens (tertiary/aromatic N) is 4. The lowest BCUT2D eigenvalue weighted by Gasteiger charge is -2.17. The molecule has 0 bridgehead atoms. The predicted octanol–water partition coefficient (Wildman–Crippen LogP) is 2.15. The second-order valence-corrected chi connectivity index (χ2v) is 4.16. The lowest BCUT2D eigenvalue weighted by molar-refractivity contribution is 0.292. The molecule has 0 spiro atoms. The number of halogens is 1. The zero-order valence-electron chi connectivity index (χ0n) is 11.4. The number of nitrogen functional groups attached to an aromatic ring is 1. The molecule has 1 aromatic carbocycles. The highest BCUT2D eigenvalue weighted by molar-refractivity contribution is 5.56. The summed E-state index contributed by atoms with van der Waals surface area (Å²) in [5, 5.41) is 0. The van der Waals surface area contributed by atoms with Gasteiger partial charge >= 0.3 is 6.01 Å². The van der Waals surface area contributed by atoms with Gasteiger partial charge in [0.05, 0.1) is 6.61 Å². The highest BCUT2D eigenvalue weighted by atomic mass is 19.1. The number of hydrogen-bond donors (Lipinski definition) is 1. The molecule has 2 N–H and O–H groups in total. The summed E-state index contributed by atoms with van der Waals surface area (Å²) < 4.78 is 18.3. The van der Waals surface area contributed by atoms with Crippen molar-refractivity contribution < 1.29 is 9.13 Å². The average molecular weight is 277 g/mol. The van der Waals surface area contributed by atoms with E-state index in [9.17, 15) is 4.39 Å². The topological polar surface area (TPSA) is 77.2 Å². The van der Waals surface area contributed by atoms with Gasteiger partial charge < -0.3 is 15.4 Å². The molecule has 0 fully saturated rings. The number of hydrogen-bond acceptors (Lipinski definition) is 6. The molecule has 0 saturated heterocycles. The van der Waals surface area contributed by atoms with Crippen LogP contribution in [0.2, 0.25) is 0 Å². The zero-order chi connectivity index (χ0) is 14.5. The summed E-state index contributed by atoms with van der Waals surface area (Å²) in [4.78, 5) is 13.8. The molecule has 1 aromatic heterocycles. The van der Waals surface area contributed by atoms with Gasteiger partial charge in [0.15, 0.2) is 0 Å². The number of aromatic nitrogens is 3. The maximum absolute atomic E-state index is 12.9. The quantitative estimate of drug-likeness (QED) is 0.902. The first-order valence-electron chi connectivity index (χ1n) is 6.23. The molecule has 20 heavy (non-hydrogen) atoms. The third-order valence-electron chi connectivity index (χ3n) is 2.57. The molecule has 0 aliphatic heterocycles. The minimum atomic E-state index is -0.302. The molecule has 1 heterocycles. The zero-order valence-corrected chi connectivity index (χ0v) is 11.4. The summed E-state index contributed by atoms with van der Waals surface area (Å²) in [6.45, 7) is 2.49.